The molecule has 0 aromatic heterocycles. The molecule has 0 aliphatic rings. The number of hydrogen-bond acceptors (Lipinski definition) is 4. The lowest BCUT2D eigenvalue weighted by atomic mass is 10.3. The Kier molecular flexibility index (Phi) is 4.70. The molecule has 1 atom stereocenters. The summed E-state index contributed by atoms with van der Waals surface area (Å²) in [5.41, 5.74) is 6.05. The van der Waals surface area contributed by atoms with Crippen molar-refractivity contribution in [3.05, 3.63) is 54.6 Å². The van der Waals surface area contributed by atoms with E-state index in [4.69, 9.17) is 15.2 Å². The van der Waals surface area contributed by atoms with Crippen LogP contribution in [0.3, 0.4) is 0 Å². The summed E-state index contributed by atoms with van der Waals surface area (Å²) in [6, 6.07) is 16.4. The van der Waals surface area contributed by atoms with E-state index in [9.17, 15) is 4.79 Å². The lowest BCUT2D eigenvalue weighted by molar-refractivity contribution is -0.125. The number of amides is 1. The average molecular weight is 272 g/mol. The van der Waals surface area contributed by atoms with Crippen LogP contribution >= 0.6 is 0 Å². The summed E-state index contributed by atoms with van der Waals surface area (Å²) in [6.45, 7) is 0. The zero-order chi connectivity index (χ0) is 14.4. The molecule has 0 spiro atoms. The van der Waals surface area contributed by atoms with Gasteiger partial charge in [-0.3, -0.25) is 10.5 Å². The first-order valence-corrected chi connectivity index (χ1v) is 6.11. The highest BCUT2D eigenvalue weighted by Gasteiger charge is 2.12. The van der Waals surface area contributed by atoms with Crippen molar-refractivity contribution >= 4 is 11.6 Å². The Hall–Kier alpha value is -2.37. The number of hydrogen-bond donors (Lipinski definition) is 2. The average Bonchev–Trinajstić information content (AvgIpc) is 2.47. The molecule has 1 amide bonds. The number of methoxy groups -OCH3 is 1. The van der Waals surface area contributed by atoms with E-state index in [0.29, 0.717) is 11.4 Å². The van der Waals surface area contributed by atoms with Gasteiger partial charge < -0.3 is 14.8 Å². The van der Waals surface area contributed by atoms with Crippen LogP contribution in [0.4, 0.5) is 5.69 Å². The number of anilines is 1. The molecule has 2 aromatic rings. The summed E-state index contributed by atoms with van der Waals surface area (Å²) in [5, 5.41) is 2.65. The van der Waals surface area contributed by atoms with Crippen LogP contribution < -0.4 is 15.8 Å². The van der Waals surface area contributed by atoms with Gasteiger partial charge in [0.2, 0.25) is 0 Å². The first kappa shape index (κ1) is 14.0. The largest absolute Gasteiger partial charge is 0.457 e. The quantitative estimate of drug-likeness (QED) is 0.819. The molecular formula is C15H16N2O3. The van der Waals surface area contributed by atoms with Crippen molar-refractivity contribution in [1.82, 2.24) is 0 Å². The second-order valence-corrected chi connectivity index (χ2v) is 4.09. The predicted octanol–water partition coefficient (Wildman–Crippen LogP) is 2.35. The maximum atomic E-state index is 11.6. The Morgan fingerprint density at radius 2 is 1.80 bits per heavy atom. The summed E-state index contributed by atoms with van der Waals surface area (Å²) < 4.78 is 10.4. The van der Waals surface area contributed by atoms with Crippen molar-refractivity contribution in [2.45, 2.75) is 6.23 Å². The summed E-state index contributed by atoms with van der Waals surface area (Å²) in [7, 11) is 1.37. The van der Waals surface area contributed by atoms with E-state index in [1.54, 1.807) is 24.3 Å². The molecule has 1 unspecified atom stereocenters. The van der Waals surface area contributed by atoms with Crippen molar-refractivity contribution in [3.63, 3.8) is 0 Å². The minimum atomic E-state index is -0.992. The van der Waals surface area contributed by atoms with Crippen LogP contribution in [-0.2, 0) is 9.53 Å². The summed E-state index contributed by atoms with van der Waals surface area (Å²) in [6.07, 6.45) is -0.992. The second-order valence-electron chi connectivity index (χ2n) is 4.09. The molecule has 5 nitrogen and oxygen atoms in total. The molecule has 0 saturated carbocycles. The third-order valence-corrected chi connectivity index (χ3v) is 2.59. The SMILES string of the molecule is COC(N)C(=O)Nc1cccc(Oc2ccccc2)c1. The van der Waals surface area contributed by atoms with E-state index in [2.05, 4.69) is 5.32 Å². The lowest BCUT2D eigenvalue weighted by Crippen LogP contribution is -2.36. The van der Waals surface area contributed by atoms with Gasteiger partial charge in [-0.2, -0.15) is 0 Å². The summed E-state index contributed by atoms with van der Waals surface area (Å²) >= 11 is 0. The van der Waals surface area contributed by atoms with E-state index in [1.807, 2.05) is 30.3 Å². The van der Waals surface area contributed by atoms with Gasteiger partial charge in [-0.25, -0.2) is 0 Å². The lowest BCUT2D eigenvalue weighted by Gasteiger charge is -2.11. The smallest absolute Gasteiger partial charge is 0.268 e. The van der Waals surface area contributed by atoms with Crippen LogP contribution in [0.15, 0.2) is 54.6 Å². The fourth-order valence-electron chi connectivity index (χ4n) is 1.58. The van der Waals surface area contributed by atoms with Gasteiger partial charge in [0.25, 0.3) is 5.91 Å². The van der Waals surface area contributed by atoms with Crippen molar-refractivity contribution in [2.24, 2.45) is 5.73 Å². The van der Waals surface area contributed by atoms with Gasteiger partial charge in [-0.05, 0) is 24.3 Å². The Balaban J connectivity index is 2.06. The topological polar surface area (TPSA) is 73.6 Å². The summed E-state index contributed by atoms with van der Waals surface area (Å²) in [5.74, 6) is 0.939. The third kappa shape index (κ3) is 3.81. The normalized spacial score (nSPS) is 11.7. The minimum absolute atomic E-state index is 0.413. The molecule has 0 heterocycles. The molecule has 5 heteroatoms. The monoisotopic (exact) mass is 272 g/mol. The van der Waals surface area contributed by atoms with Crippen LogP contribution in [0.1, 0.15) is 0 Å². The fraction of sp³-hybridized carbons (Fsp3) is 0.133. The zero-order valence-corrected chi connectivity index (χ0v) is 11.1. The Morgan fingerprint density at radius 1 is 1.10 bits per heavy atom. The number of nitrogens with one attached hydrogen (secondary N) is 1. The molecule has 0 fully saturated rings. The van der Waals surface area contributed by atoms with E-state index in [0.717, 1.165) is 5.75 Å². The molecule has 0 aliphatic heterocycles. The molecule has 20 heavy (non-hydrogen) atoms. The van der Waals surface area contributed by atoms with E-state index in [-0.39, 0.29) is 0 Å². The third-order valence-electron chi connectivity index (χ3n) is 2.59. The number of nitrogens with two attached hydrogens (primary N) is 1. The molecular weight excluding hydrogens is 256 g/mol. The van der Waals surface area contributed by atoms with Gasteiger partial charge >= 0.3 is 0 Å². The maximum Gasteiger partial charge on any atom is 0.268 e. The van der Waals surface area contributed by atoms with Gasteiger partial charge in [0.05, 0.1) is 0 Å². The van der Waals surface area contributed by atoms with Gasteiger partial charge in [0, 0.05) is 18.9 Å². The van der Waals surface area contributed by atoms with E-state index < -0.39 is 12.1 Å². The van der Waals surface area contributed by atoms with Gasteiger partial charge in [-0.1, -0.05) is 24.3 Å². The molecule has 3 N–H and O–H groups in total. The highest BCUT2D eigenvalue weighted by molar-refractivity contribution is 5.93. The number of para-hydroxylation sites is 1. The first-order chi connectivity index (χ1) is 9.69. The molecule has 0 radical (unpaired) electrons. The van der Waals surface area contributed by atoms with Crippen molar-refractivity contribution in [3.8, 4) is 11.5 Å². The Bertz CT molecular complexity index is 572. The Labute approximate surface area is 117 Å². The second kappa shape index (κ2) is 6.70. The highest BCUT2D eigenvalue weighted by atomic mass is 16.5. The predicted molar refractivity (Wildman–Crippen MR) is 76.6 cm³/mol. The highest BCUT2D eigenvalue weighted by Crippen LogP contribution is 2.23. The first-order valence-electron chi connectivity index (χ1n) is 6.11. The number of carbonyl (C=O) groups excluding carboxylic acids is 1. The van der Waals surface area contributed by atoms with Crippen molar-refractivity contribution < 1.29 is 14.3 Å². The number of benzene rings is 2. The molecule has 0 saturated heterocycles. The van der Waals surface area contributed by atoms with Gasteiger partial charge in [0.15, 0.2) is 6.23 Å². The standard InChI is InChI=1S/C15H16N2O3/c1-19-14(16)15(18)17-11-6-5-9-13(10-11)20-12-7-3-2-4-8-12/h2-10,14H,16H2,1H3,(H,17,18). The van der Waals surface area contributed by atoms with Crippen molar-refractivity contribution in [1.29, 1.82) is 0 Å². The number of carbonyl (C=O) groups is 1. The molecule has 2 aromatic carbocycles. The Morgan fingerprint density at radius 3 is 2.50 bits per heavy atom. The van der Waals surface area contributed by atoms with Crippen LogP contribution in [0.25, 0.3) is 0 Å². The number of rotatable bonds is 5. The van der Waals surface area contributed by atoms with Gasteiger partial charge in [0.1, 0.15) is 11.5 Å². The minimum Gasteiger partial charge on any atom is -0.457 e. The van der Waals surface area contributed by atoms with Crippen LogP contribution in [0.5, 0.6) is 11.5 Å². The summed E-state index contributed by atoms with van der Waals surface area (Å²) in [4.78, 5) is 11.6. The van der Waals surface area contributed by atoms with Crippen LogP contribution in [-0.4, -0.2) is 19.2 Å². The molecule has 0 aliphatic carbocycles. The molecule has 104 valence electrons. The van der Waals surface area contributed by atoms with Crippen molar-refractivity contribution in [2.75, 3.05) is 12.4 Å². The van der Waals surface area contributed by atoms with E-state index in [1.165, 1.54) is 7.11 Å². The number of ether oxygens (including phenoxy) is 2. The maximum absolute atomic E-state index is 11.6. The van der Waals surface area contributed by atoms with Crippen LogP contribution in [0.2, 0.25) is 0 Å². The molecule has 2 rings (SSSR count). The van der Waals surface area contributed by atoms with E-state index >= 15 is 0 Å². The van der Waals surface area contributed by atoms with Crippen LogP contribution in [0, 0.1) is 0 Å². The van der Waals surface area contributed by atoms with Gasteiger partial charge in [-0.15, -0.1) is 0 Å². The fourth-order valence-corrected chi connectivity index (χ4v) is 1.58. The zero-order valence-electron chi connectivity index (χ0n) is 11.1. The molecule has 0 bridgehead atoms.